The molecule has 1 atom stereocenters. The predicted octanol–water partition coefficient (Wildman–Crippen LogP) is 2.46. The first kappa shape index (κ1) is 14.8. The zero-order valence-corrected chi connectivity index (χ0v) is 9.64. The highest BCUT2D eigenvalue weighted by Gasteiger charge is 2.30. The number of nitrogens with two attached hydrogens (primary N) is 1. The molecule has 0 spiro atoms. The fourth-order valence-corrected chi connectivity index (χ4v) is 1.61. The van der Waals surface area contributed by atoms with Gasteiger partial charge in [0.05, 0.1) is 6.54 Å². The lowest BCUT2D eigenvalue weighted by Crippen LogP contribution is -2.36. The Morgan fingerprint density at radius 1 is 1.28 bits per heavy atom. The molecule has 0 aliphatic carbocycles. The van der Waals surface area contributed by atoms with Crippen LogP contribution >= 0.6 is 0 Å². The molecule has 7 heteroatoms. The van der Waals surface area contributed by atoms with E-state index in [9.17, 15) is 22.0 Å². The fourth-order valence-electron chi connectivity index (χ4n) is 1.61. The van der Waals surface area contributed by atoms with Crippen molar-refractivity contribution in [2.75, 3.05) is 20.1 Å². The van der Waals surface area contributed by atoms with E-state index in [-0.39, 0.29) is 12.1 Å². The van der Waals surface area contributed by atoms with Gasteiger partial charge in [-0.2, -0.15) is 13.2 Å². The molecule has 0 aromatic heterocycles. The van der Waals surface area contributed by atoms with Gasteiger partial charge in [0.15, 0.2) is 11.6 Å². The van der Waals surface area contributed by atoms with Crippen molar-refractivity contribution < 1.29 is 22.0 Å². The van der Waals surface area contributed by atoms with Gasteiger partial charge >= 0.3 is 6.18 Å². The number of halogens is 5. The van der Waals surface area contributed by atoms with E-state index in [0.29, 0.717) is 0 Å². The Morgan fingerprint density at radius 2 is 1.89 bits per heavy atom. The highest BCUT2D eigenvalue weighted by Crippen LogP contribution is 2.20. The predicted molar refractivity (Wildman–Crippen MR) is 56.8 cm³/mol. The number of nitrogens with zero attached hydrogens (tertiary/aromatic N) is 1. The summed E-state index contributed by atoms with van der Waals surface area (Å²) in [5.41, 5.74) is 5.43. The molecule has 18 heavy (non-hydrogen) atoms. The van der Waals surface area contributed by atoms with E-state index in [2.05, 4.69) is 0 Å². The number of likely N-dealkylation sites (N-methyl/N-ethyl adjacent to an activating group) is 1. The van der Waals surface area contributed by atoms with Gasteiger partial charge in [0.2, 0.25) is 0 Å². The van der Waals surface area contributed by atoms with E-state index in [1.165, 1.54) is 19.2 Å². The van der Waals surface area contributed by atoms with E-state index >= 15 is 0 Å². The summed E-state index contributed by atoms with van der Waals surface area (Å²) < 4.78 is 62.5. The van der Waals surface area contributed by atoms with E-state index in [4.69, 9.17) is 5.73 Å². The fraction of sp³-hybridized carbons (Fsp3) is 0.455. The van der Waals surface area contributed by atoms with Gasteiger partial charge in [-0.25, -0.2) is 8.78 Å². The molecule has 1 aromatic rings. The van der Waals surface area contributed by atoms with Crippen molar-refractivity contribution in [2.24, 2.45) is 5.73 Å². The molecule has 0 saturated carbocycles. The van der Waals surface area contributed by atoms with Crippen LogP contribution in [-0.2, 0) is 0 Å². The van der Waals surface area contributed by atoms with E-state index in [1.807, 2.05) is 0 Å². The summed E-state index contributed by atoms with van der Waals surface area (Å²) in [6.45, 7) is -1.38. The third-order valence-electron chi connectivity index (χ3n) is 2.34. The standard InChI is InChI=1S/C11H13F5N2/c1-18(6-11(14,15)16)5-9(17)7-3-2-4-8(12)10(7)13/h2-4,9H,5-6,17H2,1H3. The zero-order valence-electron chi connectivity index (χ0n) is 9.64. The minimum atomic E-state index is -4.35. The minimum absolute atomic E-state index is 0.135. The van der Waals surface area contributed by atoms with Gasteiger partial charge in [0.1, 0.15) is 0 Å². The third-order valence-corrected chi connectivity index (χ3v) is 2.34. The summed E-state index contributed by atoms with van der Waals surface area (Å²) in [6, 6.07) is 2.42. The van der Waals surface area contributed by atoms with E-state index in [1.54, 1.807) is 0 Å². The first-order chi connectivity index (χ1) is 8.20. The Hall–Kier alpha value is -1.21. The molecule has 1 aromatic carbocycles. The Morgan fingerprint density at radius 3 is 2.44 bits per heavy atom. The smallest absolute Gasteiger partial charge is 0.323 e. The van der Waals surface area contributed by atoms with Crippen molar-refractivity contribution >= 4 is 0 Å². The molecule has 0 heterocycles. The van der Waals surface area contributed by atoms with Gasteiger partial charge in [-0.15, -0.1) is 0 Å². The van der Waals surface area contributed by atoms with Crippen LogP contribution in [0.1, 0.15) is 11.6 Å². The van der Waals surface area contributed by atoms with Crippen LogP contribution in [0.4, 0.5) is 22.0 Å². The van der Waals surface area contributed by atoms with Crippen LogP contribution in [0.5, 0.6) is 0 Å². The summed E-state index contributed by atoms with van der Waals surface area (Å²) in [7, 11) is 1.21. The summed E-state index contributed by atoms with van der Waals surface area (Å²) in [4.78, 5) is 0.912. The number of hydrogen-bond acceptors (Lipinski definition) is 2. The summed E-state index contributed by atoms with van der Waals surface area (Å²) in [6.07, 6.45) is -4.35. The average molecular weight is 268 g/mol. The molecular weight excluding hydrogens is 255 g/mol. The second-order valence-electron chi connectivity index (χ2n) is 4.06. The van der Waals surface area contributed by atoms with Crippen LogP contribution in [-0.4, -0.2) is 31.2 Å². The van der Waals surface area contributed by atoms with Gasteiger partial charge in [0, 0.05) is 18.2 Å². The van der Waals surface area contributed by atoms with Gasteiger partial charge in [-0.3, -0.25) is 4.90 Å². The molecule has 102 valence electrons. The maximum atomic E-state index is 13.3. The largest absolute Gasteiger partial charge is 0.401 e. The quantitative estimate of drug-likeness (QED) is 0.850. The maximum Gasteiger partial charge on any atom is 0.401 e. The van der Waals surface area contributed by atoms with Crippen molar-refractivity contribution in [3.8, 4) is 0 Å². The zero-order chi connectivity index (χ0) is 13.9. The van der Waals surface area contributed by atoms with Crippen LogP contribution in [0.3, 0.4) is 0 Å². The summed E-state index contributed by atoms with van der Waals surface area (Å²) >= 11 is 0. The number of benzene rings is 1. The summed E-state index contributed by atoms with van der Waals surface area (Å²) in [5, 5.41) is 0. The lowest BCUT2D eigenvalue weighted by atomic mass is 10.1. The van der Waals surface area contributed by atoms with Crippen molar-refractivity contribution in [3.63, 3.8) is 0 Å². The molecule has 1 rings (SSSR count). The minimum Gasteiger partial charge on any atom is -0.323 e. The third kappa shape index (κ3) is 4.23. The van der Waals surface area contributed by atoms with E-state index < -0.39 is 30.4 Å². The summed E-state index contributed by atoms with van der Waals surface area (Å²) in [5.74, 6) is -2.19. The number of rotatable bonds is 4. The van der Waals surface area contributed by atoms with Crippen LogP contribution in [0, 0.1) is 11.6 Å². The first-order valence-electron chi connectivity index (χ1n) is 5.15. The molecule has 1 unspecified atom stereocenters. The highest BCUT2D eigenvalue weighted by atomic mass is 19.4. The Kier molecular flexibility index (Phi) is 4.64. The Bertz CT molecular complexity index is 405. The molecule has 0 amide bonds. The molecular formula is C11H13F5N2. The van der Waals surface area contributed by atoms with Crippen molar-refractivity contribution in [3.05, 3.63) is 35.4 Å². The lowest BCUT2D eigenvalue weighted by Gasteiger charge is -2.22. The van der Waals surface area contributed by atoms with Gasteiger partial charge in [-0.05, 0) is 13.1 Å². The Labute approximate surface area is 101 Å². The molecule has 0 saturated heterocycles. The molecule has 0 fully saturated rings. The average Bonchev–Trinajstić information content (AvgIpc) is 2.18. The molecule has 2 N–H and O–H groups in total. The maximum absolute atomic E-state index is 13.3. The highest BCUT2D eigenvalue weighted by molar-refractivity contribution is 5.22. The van der Waals surface area contributed by atoms with Gasteiger partial charge < -0.3 is 5.73 Å². The number of hydrogen-bond donors (Lipinski definition) is 1. The number of alkyl halides is 3. The van der Waals surface area contributed by atoms with Crippen LogP contribution in [0.15, 0.2) is 18.2 Å². The second-order valence-corrected chi connectivity index (χ2v) is 4.06. The van der Waals surface area contributed by atoms with Gasteiger partial charge in [-0.1, -0.05) is 12.1 Å². The van der Waals surface area contributed by atoms with Crippen molar-refractivity contribution in [1.29, 1.82) is 0 Å². The van der Waals surface area contributed by atoms with Crippen molar-refractivity contribution in [2.45, 2.75) is 12.2 Å². The molecule has 0 aliphatic rings. The van der Waals surface area contributed by atoms with Gasteiger partial charge in [0.25, 0.3) is 0 Å². The molecule has 0 radical (unpaired) electrons. The first-order valence-corrected chi connectivity index (χ1v) is 5.15. The van der Waals surface area contributed by atoms with Crippen LogP contribution < -0.4 is 5.73 Å². The lowest BCUT2D eigenvalue weighted by molar-refractivity contribution is -0.143. The van der Waals surface area contributed by atoms with Crippen LogP contribution in [0.25, 0.3) is 0 Å². The second kappa shape index (κ2) is 5.62. The SMILES string of the molecule is CN(CC(N)c1cccc(F)c1F)CC(F)(F)F. The molecule has 0 aliphatic heterocycles. The molecule has 2 nitrogen and oxygen atoms in total. The van der Waals surface area contributed by atoms with E-state index in [0.717, 1.165) is 11.0 Å². The Balaban J connectivity index is 2.71. The van der Waals surface area contributed by atoms with Crippen LogP contribution in [0.2, 0.25) is 0 Å². The monoisotopic (exact) mass is 268 g/mol. The van der Waals surface area contributed by atoms with Crippen molar-refractivity contribution in [1.82, 2.24) is 4.90 Å². The normalized spacial score (nSPS) is 14.0. The topological polar surface area (TPSA) is 29.3 Å². The molecule has 0 bridgehead atoms.